The number of amides is 3. The molecular weight excluding hydrogens is 290 g/mol. The Kier molecular flexibility index (Phi) is 6.02. The van der Waals surface area contributed by atoms with Crippen molar-refractivity contribution in [1.29, 1.82) is 0 Å². The third-order valence-electron chi connectivity index (χ3n) is 4.15. The van der Waals surface area contributed by atoms with Gasteiger partial charge in [-0.3, -0.25) is 4.79 Å². The van der Waals surface area contributed by atoms with Crippen molar-refractivity contribution in [3.63, 3.8) is 0 Å². The summed E-state index contributed by atoms with van der Waals surface area (Å²) in [5.41, 5.74) is 2.44. The smallest absolute Gasteiger partial charge is 0.315 e. The van der Waals surface area contributed by atoms with Crippen LogP contribution in [0.4, 0.5) is 4.79 Å². The zero-order valence-corrected chi connectivity index (χ0v) is 14.3. The molecule has 23 heavy (non-hydrogen) atoms. The van der Waals surface area contributed by atoms with Crippen molar-refractivity contribution in [1.82, 2.24) is 15.5 Å². The van der Waals surface area contributed by atoms with Gasteiger partial charge >= 0.3 is 6.03 Å². The molecule has 1 aliphatic heterocycles. The summed E-state index contributed by atoms with van der Waals surface area (Å²) in [4.78, 5) is 25.2. The molecular formula is C18H27N3O2. The maximum atomic E-state index is 12.1. The van der Waals surface area contributed by atoms with Gasteiger partial charge in [-0.15, -0.1) is 0 Å². The third-order valence-corrected chi connectivity index (χ3v) is 4.15. The van der Waals surface area contributed by atoms with Gasteiger partial charge < -0.3 is 15.5 Å². The molecule has 1 aromatic carbocycles. The number of likely N-dealkylation sites (N-methyl/N-ethyl adjacent to an activating group) is 1. The number of hydrogen-bond acceptors (Lipinski definition) is 2. The van der Waals surface area contributed by atoms with Gasteiger partial charge in [-0.1, -0.05) is 38.1 Å². The second kappa shape index (κ2) is 7.99. The van der Waals surface area contributed by atoms with Crippen LogP contribution in [0.5, 0.6) is 0 Å². The van der Waals surface area contributed by atoms with Crippen molar-refractivity contribution in [2.24, 2.45) is 5.92 Å². The number of nitrogens with one attached hydrogen (secondary N) is 2. The Bertz CT molecular complexity index is 557. The molecule has 5 nitrogen and oxygen atoms in total. The van der Waals surface area contributed by atoms with E-state index in [0.29, 0.717) is 31.8 Å². The van der Waals surface area contributed by atoms with Crippen LogP contribution in [0.2, 0.25) is 0 Å². The van der Waals surface area contributed by atoms with E-state index in [0.717, 1.165) is 12.0 Å². The molecule has 1 heterocycles. The summed E-state index contributed by atoms with van der Waals surface area (Å²) in [6, 6.07) is 8.08. The first-order valence-corrected chi connectivity index (χ1v) is 8.30. The Morgan fingerprint density at radius 1 is 1.30 bits per heavy atom. The van der Waals surface area contributed by atoms with Gasteiger partial charge in [0.1, 0.15) is 0 Å². The molecule has 0 spiro atoms. The third kappa shape index (κ3) is 5.27. The van der Waals surface area contributed by atoms with Crippen LogP contribution in [-0.2, 0) is 17.8 Å². The number of likely N-dealkylation sites (tertiary alicyclic amines) is 1. The largest absolute Gasteiger partial charge is 0.344 e. The van der Waals surface area contributed by atoms with E-state index < -0.39 is 0 Å². The first-order valence-electron chi connectivity index (χ1n) is 8.30. The highest BCUT2D eigenvalue weighted by molar-refractivity contribution is 5.78. The molecule has 0 radical (unpaired) electrons. The van der Waals surface area contributed by atoms with Crippen molar-refractivity contribution in [3.8, 4) is 0 Å². The average molecular weight is 317 g/mol. The average Bonchev–Trinajstić information content (AvgIpc) is 2.49. The fraction of sp³-hybridized carbons (Fsp3) is 0.556. The summed E-state index contributed by atoms with van der Waals surface area (Å²) in [7, 11) is 1.77. The molecule has 0 bridgehead atoms. The molecule has 0 aliphatic carbocycles. The molecule has 1 aromatic rings. The summed E-state index contributed by atoms with van der Waals surface area (Å²) in [5, 5.41) is 5.89. The molecule has 126 valence electrons. The first-order chi connectivity index (χ1) is 11.0. The van der Waals surface area contributed by atoms with Crippen molar-refractivity contribution in [3.05, 3.63) is 35.4 Å². The number of rotatable bonds is 5. The van der Waals surface area contributed by atoms with Crippen molar-refractivity contribution < 1.29 is 9.59 Å². The zero-order valence-electron chi connectivity index (χ0n) is 14.3. The van der Waals surface area contributed by atoms with Crippen LogP contribution in [-0.4, -0.2) is 36.5 Å². The lowest BCUT2D eigenvalue weighted by molar-refractivity contribution is -0.132. The number of piperidine rings is 1. The number of urea groups is 1. The summed E-state index contributed by atoms with van der Waals surface area (Å²) < 4.78 is 0. The Labute approximate surface area is 138 Å². The monoisotopic (exact) mass is 317 g/mol. The number of carbonyl (C=O) groups is 2. The van der Waals surface area contributed by atoms with E-state index in [-0.39, 0.29) is 18.0 Å². The maximum absolute atomic E-state index is 12.1. The summed E-state index contributed by atoms with van der Waals surface area (Å²) in [6.07, 6.45) is 2.22. The normalized spacial score (nSPS) is 18.2. The van der Waals surface area contributed by atoms with Crippen LogP contribution in [0.1, 0.15) is 37.8 Å². The van der Waals surface area contributed by atoms with Gasteiger partial charge in [-0.05, 0) is 29.9 Å². The van der Waals surface area contributed by atoms with Gasteiger partial charge in [0, 0.05) is 32.6 Å². The maximum Gasteiger partial charge on any atom is 0.315 e. The fourth-order valence-corrected chi connectivity index (χ4v) is 2.91. The van der Waals surface area contributed by atoms with E-state index in [2.05, 4.69) is 36.6 Å². The Balaban J connectivity index is 1.84. The lowest BCUT2D eigenvalue weighted by atomic mass is 9.98. The lowest BCUT2D eigenvalue weighted by Crippen LogP contribution is -2.50. The number of benzene rings is 1. The van der Waals surface area contributed by atoms with Crippen molar-refractivity contribution >= 4 is 11.9 Å². The number of hydrogen-bond donors (Lipinski definition) is 2. The van der Waals surface area contributed by atoms with Crippen LogP contribution in [0, 0.1) is 5.92 Å². The standard InChI is InChI=1S/C18H27N3O2/c1-13(2)10-14-6-4-5-7-15(14)11-19-18(23)20-16-8-9-17(22)21(3)12-16/h4-7,13,16H,8-12H2,1-3H3,(H2,19,20,23)/t16-/m0/s1. The molecule has 1 atom stereocenters. The molecule has 0 aromatic heterocycles. The van der Waals surface area contributed by atoms with Gasteiger partial charge in [-0.2, -0.15) is 0 Å². The first kappa shape index (κ1) is 17.3. The van der Waals surface area contributed by atoms with E-state index in [1.54, 1.807) is 11.9 Å². The van der Waals surface area contributed by atoms with Gasteiger partial charge in [0.25, 0.3) is 0 Å². The second-order valence-electron chi connectivity index (χ2n) is 6.70. The summed E-state index contributed by atoms with van der Waals surface area (Å²) in [5.74, 6) is 0.728. The number of nitrogens with zero attached hydrogens (tertiary/aromatic N) is 1. The zero-order chi connectivity index (χ0) is 16.8. The fourth-order valence-electron chi connectivity index (χ4n) is 2.91. The van der Waals surface area contributed by atoms with Crippen LogP contribution in [0.25, 0.3) is 0 Å². The summed E-state index contributed by atoms with van der Waals surface area (Å²) >= 11 is 0. The molecule has 2 N–H and O–H groups in total. The second-order valence-corrected chi connectivity index (χ2v) is 6.70. The van der Waals surface area contributed by atoms with E-state index >= 15 is 0 Å². The van der Waals surface area contributed by atoms with Gasteiger partial charge in [-0.25, -0.2) is 4.79 Å². The minimum Gasteiger partial charge on any atom is -0.344 e. The minimum atomic E-state index is -0.169. The molecule has 0 unspecified atom stereocenters. The highest BCUT2D eigenvalue weighted by Crippen LogP contribution is 2.14. The van der Waals surface area contributed by atoms with E-state index in [4.69, 9.17) is 0 Å². The lowest BCUT2D eigenvalue weighted by Gasteiger charge is -2.30. The van der Waals surface area contributed by atoms with Crippen LogP contribution >= 0.6 is 0 Å². The van der Waals surface area contributed by atoms with Crippen LogP contribution in [0.15, 0.2) is 24.3 Å². The quantitative estimate of drug-likeness (QED) is 0.875. The van der Waals surface area contributed by atoms with Crippen LogP contribution < -0.4 is 10.6 Å². The Morgan fingerprint density at radius 2 is 2.00 bits per heavy atom. The van der Waals surface area contributed by atoms with Gasteiger partial charge in [0.05, 0.1) is 0 Å². The van der Waals surface area contributed by atoms with E-state index in [1.807, 2.05) is 12.1 Å². The summed E-state index contributed by atoms with van der Waals surface area (Å²) in [6.45, 7) is 5.49. The van der Waals surface area contributed by atoms with Crippen molar-refractivity contribution in [2.75, 3.05) is 13.6 Å². The Morgan fingerprint density at radius 3 is 2.65 bits per heavy atom. The molecule has 2 rings (SSSR count). The highest BCUT2D eigenvalue weighted by Gasteiger charge is 2.23. The minimum absolute atomic E-state index is 0.0311. The molecule has 3 amide bonds. The molecule has 1 aliphatic rings. The highest BCUT2D eigenvalue weighted by atomic mass is 16.2. The molecule has 0 saturated carbocycles. The van der Waals surface area contributed by atoms with E-state index in [1.165, 1.54) is 5.56 Å². The number of carbonyl (C=O) groups excluding carboxylic acids is 2. The molecule has 1 fully saturated rings. The predicted octanol–water partition coefficient (Wildman–Crippen LogP) is 2.31. The van der Waals surface area contributed by atoms with Crippen molar-refractivity contribution in [2.45, 2.75) is 45.7 Å². The topological polar surface area (TPSA) is 61.4 Å². The van der Waals surface area contributed by atoms with Gasteiger partial charge in [0.2, 0.25) is 5.91 Å². The predicted molar refractivity (Wildman–Crippen MR) is 91.0 cm³/mol. The SMILES string of the molecule is CC(C)Cc1ccccc1CNC(=O)N[C@H]1CCC(=O)N(C)C1. The van der Waals surface area contributed by atoms with E-state index in [9.17, 15) is 9.59 Å². The van der Waals surface area contributed by atoms with Crippen LogP contribution in [0.3, 0.4) is 0 Å². The molecule has 5 heteroatoms. The molecule has 1 saturated heterocycles. The Hall–Kier alpha value is -2.04. The van der Waals surface area contributed by atoms with Gasteiger partial charge in [0.15, 0.2) is 0 Å².